The van der Waals surface area contributed by atoms with Gasteiger partial charge in [0.15, 0.2) is 0 Å². The third kappa shape index (κ3) is 4.22. The molecule has 2 heterocycles. The lowest BCUT2D eigenvalue weighted by atomic mass is 10.1. The van der Waals surface area contributed by atoms with E-state index >= 15 is 0 Å². The number of aromatic nitrogens is 3. The number of amides is 2. The molecule has 0 saturated carbocycles. The number of carbonyl (C=O) groups excluding carboxylic acids is 2. The first-order valence-corrected chi connectivity index (χ1v) is 9.45. The Balaban J connectivity index is 1.41. The predicted molar refractivity (Wildman–Crippen MR) is 113 cm³/mol. The second kappa shape index (κ2) is 8.20. The highest BCUT2D eigenvalue weighted by Gasteiger charge is 2.15. The van der Waals surface area contributed by atoms with Crippen LogP contribution in [-0.4, -0.2) is 26.6 Å². The van der Waals surface area contributed by atoms with Crippen molar-refractivity contribution in [2.24, 2.45) is 0 Å². The van der Waals surface area contributed by atoms with Gasteiger partial charge in [0.05, 0.1) is 6.42 Å². The van der Waals surface area contributed by atoms with Crippen LogP contribution in [-0.2, 0) is 16.0 Å². The van der Waals surface area contributed by atoms with Gasteiger partial charge in [0.25, 0.3) is 0 Å². The Hall–Kier alpha value is -3.94. The average Bonchev–Trinajstić information content (AvgIpc) is 3.38. The van der Waals surface area contributed by atoms with Crippen molar-refractivity contribution in [2.45, 2.75) is 19.4 Å². The van der Waals surface area contributed by atoms with Crippen molar-refractivity contribution in [3.05, 3.63) is 78.5 Å². The molecule has 8 heteroatoms. The lowest BCUT2D eigenvalue weighted by Crippen LogP contribution is -2.24. The van der Waals surface area contributed by atoms with E-state index in [1.54, 1.807) is 66.6 Å². The molecule has 7 nitrogen and oxygen atoms in total. The normalized spacial score (nSPS) is 11.9. The zero-order valence-electron chi connectivity index (χ0n) is 16.2. The van der Waals surface area contributed by atoms with Crippen molar-refractivity contribution in [3.8, 4) is 0 Å². The van der Waals surface area contributed by atoms with Gasteiger partial charge in [-0.1, -0.05) is 6.07 Å². The minimum absolute atomic E-state index is 0.0936. The maximum absolute atomic E-state index is 13.5. The summed E-state index contributed by atoms with van der Waals surface area (Å²) in [5, 5.41) is 10.4. The Kier molecular flexibility index (Phi) is 5.30. The Morgan fingerprint density at radius 2 is 1.93 bits per heavy atom. The van der Waals surface area contributed by atoms with E-state index in [1.165, 1.54) is 12.1 Å². The number of H-pyrrole nitrogens is 1. The summed E-state index contributed by atoms with van der Waals surface area (Å²) in [5.41, 5.74) is 2.59. The van der Waals surface area contributed by atoms with Gasteiger partial charge in [-0.25, -0.2) is 4.39 Å². The number of nitrogens with zero attached hydrogens (tertiary/aromatic N) is 2. The standard InChI is InChI=1S/C22H20FN5O2/c1-14(28-9-3-8-25-28)22(30)27-18-5-2-4-17(12-18)26-21(29)10-15-13-24-20-7-6-16(23)11-19(15)20/h2-9,11-14,24H,10H2,1H3,(H,26,29)(H,27,30). The molecule has 0 aliphatic rings. The number of aromatic amines is 1. The molecule has 0 bridgehead atoms. The largest absolute Gasteiger partial charge is 0.361 e. The summed E-state index contributed by atoms with van der Waals surface area (Å²) in [4.78, 5) is 27.9. The number of fused-ring (bicyclic) bond motifs is 1. The molecule has 0 aliphatic heterocycles. The summed E-state index contributed by atoms with van der Waals surface area (Å²) in [6.45, 7) is 1.75. The molecule has 0 fully saturated rings. The lowest BCUT2D eigenvalue weighted by Gasteiger charge is -2.13. The first-order valence-electron chi connectivity index (χ1n) is 9.45. The minimum atomic E-state index is -0.472. The van der Waals surface area contributed by atoms with Gasteiger partial charge in [0.2, 0.25) is 11.8 Å². The molecule has 2 aromatic heterocycles. The smallest absolute Gasteiger partial charge is 0.248 e. The highest BCUT2D eigenvalue weighted by atomic mass is 19.1. The number of rotatable bonds is 6. The van der Waals surface area contributed by atoms with Gasteiger partial charge >= 0.3 is 0 Å². The predicted octanol–water partition coefficient (Wildman–Crippen LogP) is 3.88. The SMILES string of the molecule is CC(C(=O)Nc1cccc(NC(=O)Cc2c[nH]c3ccc(F)cc23)c1)n1cccn1. The van der Waals surface area contributed by atoms with Crippen LogP contribution in [0, 0.1) is 5.82 Å². The Morgan fingerprint density at radius 1 is 1.13 bits per heavy atom. The number of halogens is 1. The third-order valence-corrected chi connectivity index (χ3v) is 4.80. The summed E-state index contributed by atoms with van der Waals surface area (Å²) in [5.74, 6) is -0.812. The number of nitrogens with one attached hydrogen (secondary N) is 3. The molecule has 4 aromatic rings. The minimum Gasteiger partial charge on any atom is -0.361 e. The van der Waals surface area contributed by atoms with Crippen molar-refractivity contribution >= 4 is 34.1 Å². The molecule has 3 N–H and O–H groups in total. The second-order valence-corrected chi connectivity index (χ2v) is 6.96. The molecule has 4 rings (SSSR count). The molecule has 30 heavy (non-hydrogen) atoms. The number of hydrogen-bond acceptors (Lipinski definition) is 3. The fourth-order valence-corrected chi connectivity index (χ4v) is 3.23. The number of benzene rings is 2. The van der Waals surface area contributed by atoms with Crippen molar-refractivity contribution in [1.82, 2.24) is 14.8 Å². The highest BCUT2D eigenvalue weighted by molar-refractivity contribution is 5.97. The molecule has 0 saturated heterocycles. The molecule has 152 valence electrons. The molecule has 1 atom stereocenters. The molecular weight excluding hydrogens is 385 g/mol. The van der Waals surface area contributed by atoms with E-state index in [2.05, 4.69) is 20.7 Å². The van der Waals surface area contributed by atoms with E-state index < -0.39 is 6.04 Å². The Bertz CT molecular complexity index is 1200. The van der Waals surface area contributed by atoms with Crippen LogP contribution in [0.2, 0.25) is 0 Å². The fraction of sp³-hybridized carbons (Fsp3) is 0.136. The fourth-order valence-electron chi connectivity index (χ4n) is 3.23. The van der Waals surface area contributed by atoms with Gasteiger partial charge < -0.3 is 15.6 Å². The van der Waals surface area contributed by atoms with Gasteiger partial charge in [0, 0.05) is 40.9 Å². The van der Waals surface area contributed by atoms with Crippen molar-refractivity contribution in [1.29, 1.82) is 0 Å². The van der Waals surface area contributed by atoms with E-state index in [0.717, 1.165) is 5.52 Å². The van der Waals surface area contributed by atoms with Crippen LogP contribution in [0.15, 0.2) is 67.1 Å². The van der Waals surface area contributed by atoms with E-state index in [4.69, 9.17) is 0 Å². The van der Waals surface area contributed by atoms with Gasteiger partial charge in [-0.3, -0.25) is 14.3 Å². The van der Waals surface area contributed by atoms with Crippen molar-refractivity contribution in [3.63, 3.8) is 0 Å². The van der Waals surface area contributed by atoms with Crippen LogP contribution in [0.5, 0.6) is 0 Å². The quantitative estimate of drug-likeness (QED) is 0.455. The Labute approximate surface area is 171 Å². The molecular formula is C22H20FN5O2. The summed E-state index contributed by atoms with van der Waals surface area (Å²) < 4.78 is 15.1. The number of hydrogen-bond donors (Lipinski definition) is 3. The zero-order chi connectivity index (χ0) is 21.1. The van der Waals surface area contributed by atoms with Crippen LogP contribution in [0.25, 0.3) is 10.9 Å². The summed E-state index contributed by atoms with van der Waals surface area (Å²) in [6, 6.07) is 12.6. The maximum Gasteiger partial charge on any atom is 0.248 e. The highest BCUT2D eigenvalue weighted by Crippen LogP contribution is 2.21. The zero-order valence-corrected chi connectivity index (χ0v) is 16.2. The number of carbonyl (C=O) groups is 2. The van der Waals surface area contributed by atoms with Crippen molar-refractivity contribution in [2.75, 3.05) is 10.6 Å². The first kappa shape index (κ1) is 19.4. The van der Waals surface area contributed by atoms with Crippen molar-refractivity contribution < 1.29 is 14.0 Å². The molecule has 0 radical (unpaired) electrons. The van der Waals surface area contributed by atoms with E-state index in [-0.39, 0.29) is 24.1 Å². The Morgan fingerprint density at radius 3 is 2.70 bits per heavy atom. The van der Waals surface area contributed by atoms with Gasteiger partial charge in [0.1, 0.15) is 11.9 Å². The molecule has 2 aromatic carbocycles. The van der Waals surface area contributed by atoms with Crippen LogP contribution in [0.1, 0.15) is 18.5 Å². The van der Waals surface area contributed by atoms with Gasteiger partial charge in [-0.2, -0.15) is 5.10 Å². The van der Waals surface area contributed by atoms with E-state index in [9.17, 15) is 14.0 Å². The third-order valence-electron chi connectivity index (χ3n) is 4.80. The van der Waals surface area contributed by atoms with Crippen LogP contribution >= 0.6 is 0 Å². The van der Waals surface area contributed by atoms with Crippen LogP contribution in [0.3, 0.4) is 0 Å². The molecule has 0 aliphatic carbocycles. The van der Waals surface area contributed by atoms with E-state index in [1.807, 2.05) is 0 Å². The van der Waals surface area contributed by atoms with Crippen LogP contribution in [0.4, 0.5) is 15.8 Å². The molecule has 1 unspecified atom stereocenters. The monoisotopic (exact) mass is 405 g/mol. The lowest BCUT2D eigenvalue weighted by molar-refractivity contribution is -0.119. The van der Waals surface area contributed by atoms with Gasteiger partial charge in [-0.05, 0) is 55.0 Å². The second-order valence-electron chi connectivity index (χ2n) is 6.96. The number of anilines is 2. The van der Waals surface area contributed by atoms with Crippen LogP contribution < -0.4 is 10.6 Å². The molecule has 2 amide bonds. The van der Waals surface area contributed by atoms with Gasteiger partial charge in [-0.15, -0.1) is 0 Å². The topological polar surface area (TPSA) is 91.8 Å². The summed E-state index contributed by atoms with van der Waals surface area (Å²) in [7, 11) is 0. The summed E-state index contributed by atoms with van der Waals surface area (Å²) in [6.07, 6.45) is 5.13. The maximum atomic E-state index is 13.5. The first-order chi connectivity index (χ1) is 14.5. The summed E-state index contributed by atoms with van der Waals surface area (Å²) >= 11 is 0. The molecule has 0 spiro atoms. The average molecular weight is 405 g/mol. The van der Waals surface area contributed by atoms with E-state index in [0.29, 0.717) is 22.3 Å².